The summed E-state index contributed by atoms with van der Waals surface area (Å²) in [5.74, 6) is 0. The number of aromatic nitrogens is 2. The molecule has 0 fully saturated rings. The highest BCUT2D eigenvalue weighted by atomic mass is 16.3. The van der Waals surface area contributed by atoms with Crippen LogP contribution in [0.3, 0.4) is 0 Å². The van der Waals surface area contributed by atoms with Crippen LogP contribution in [0.25, 0.3) is 34.4 Å². The van der Waals surface area contributed by atoms with Gasteiger partial charge in [0.15, 0.2) is 0 Å². The van der Waals surface area contributed by atoms with Gasteiger partial charge in [0.2, 0.25) is 0 Å². The van der Waals surface area contributed by atoms with Crippen molar-refractivity contribution in [1.29, 1.82) is 0 Å². The van der Waals surface area contributed by atoms with Crippen molar-refractivity contribution < 1.29 is 5.11 Å². The lowest BCUT2D eigenvalue weighted by atomic mass is 10.1. The fraction of sp³-hybridized carbons (Fsp3) is 0.0833. The lowest BCUT2D eigenvalue weighted by Gasteiger charge is -2.09. The van der Waals surface area contributed by atoms with Gasteiger partial charge in [-0.05, 0) is 29.3 Å². The molecule has 4 aromatic rings. The molecule has 1 aliphatic rings. The zero-order valence-electron chi connectivity index (χ0n) is 15.2. The van der Waals surface area contributed by atoms with E-state index in [1.165, 1.54) is 0 Å². The molecule has 0 saturated carbocycles. The highest BCUT2D eigenvalue weighted by Gasteiger charge is 2.24. The van der Waals surface area contributed by atoms with Gasteiger partial charge in [0.05, 0.1) is 35.6 Å². The Morgan fingerprint density at radius 1 is 1.00 bits per heavy atom. The third-order valence-electron chi connectivity index (χ3n) is 5.22. The van der Waals surface area contributed by atoms with Gasteiger partial charge in [0.1, 0.15) is 0 Å². The zero-order chi connectivity index (χ0) is 19.1. The minimum atomic E-state index is -0.292. The van der Waals surface area contributed by atoms with Gasteiger partial charge < -0.3 is 9.67 Å². The van der Waals surface area contributed by atoms with Crippen LogP contribution in [0.2, 0.25) is 0 Å². The fourth-order valence-corrected chi connectivity index (χ4v) is 3.79. The molecule has 4 heteroatoms. The first-order valence-electron chi connectivity index (χ1n) is 9.24. The third-order valence-corrected chi connectivity index (χ3v) is 5.22. The summed E-state index contributed by atoms with van der Waals surface area (Å²) in [5.41, 5.74) is 5.61. The first-order chi connectivity index (χ1) is 13.7. The Bertz CT molecular complexity index is 1290. The molecule has 0 spiro atoms. The molecule has 3 heterocycles. The number of nitrogens with zero attached hydrogens (tertiary/aromatic N) is 2. The number of hydrogen-bond donors (Lipinski definition) is 1. The molecule has 5 rings (SSSR count). The largest absolute Gasteiger partial charge is 0.391 e. The van der Waals surface area contributed by atoms with E-state index in [9.17, 15) is 9.90 Å². The summed E-state index contributed by atoms with van der Waals surface area (Å²) >= 11 is 0. The number of hydrogen-bond acceptors (Lipinski definition) is 3. The predicted molar refractivity (Wildman–Crippen MR) is 112 cm³/mol. The van der Waals surface area contributed by atoms with Crippen LogP contribution < -0.4 is 5.56 Å². The van der Waals surface area contributed by atoms with Gasteiger partial charge in [0, 0.05) is 10.9 Å². The Kier molecular flexibility index (Phi) is 3.92. The summed E-state index contributed by atoms with van der Waals surface area (Å²) in [6, 6.07) is 21.9. The molecule has 1 N–H and O–H groups in total. The van der Waals surface area contributed by atoms with Gasteiger partial charge >= 0.3 is 0 Å². The van der Waals surface area contributed by atoms with E-state index in [0.717, 1.165) is 39.0 Å². The molecule has 0 amide bonds. The van der Waals surface area contributed by atoms with Crippen molar-refractivity contribution in [3.63, 3.8) is 0 Å². The number of fused-ring (bicyclic) bond motifs is 4. The van der Waals surface area contributed by atoms with Gasteiger partial charge in [-0.15, -0.1) is 0 Å². The van der Waals surface area contributed by atoms with Gasteiger partial charge in [0.25, 0.3) is 5.56 Å². The summed E-state index contributed by atoms with van der Waals surface area (Å²) in [6.07, 6.45) is 3.84. The molecule has 2 aromatic carbocycles. The third kappa shape index (κ3) is 2.66. The zero-order valence-corrected chi connectivity index (χ0v) is 15.2. The lowest BCUT2D eigenvalue weighted by molar-refractivity contribution is 0.279. The van der Waals surface area contributed by atoms with Crippen LogP contribution in [-0.2, 0) is 13.2 Å². The maximum absolute atomic E-state index is 13.0. The Hall–Kier alpha value is -3.50. The van der Waals surface area contributed by atoms with Crippen molar-refractivity contribution >= 4 is 23.1 Å². The smallest absolute Gasteiger partial charge is 0.257 e. The number of aliphatic hydroxyl groups is 1. The van der Waals surface area contributed by atoms with Crippen molar-refractivity contribution in [2.24, 2.45) is 0 Å². The van der Waals surface area contributed by atoms with E-state index >= 15 is 0 Å². The molecule has 4 nitrogen and oxygen atoms in total. The van der Waals surface area contributed by atoms with Crippen LogP contribution in [0.4, 0.5) is 0 Å². The molecule has 0 atom stereocenters. The van der Waals surface area contributed by atoms with E-state index in [1.54, 1.807) is 4.57 Å². The second-order valence-electron chi connectivity index (χ2n) is 6.95. The Morgan fingerprint density at radius 3 is 2.61 bits per heavy atom. The highest BCUT2D eigenvalue weighted by Crippen LogP contribution is 2.32. The quantitative estimate of drug-likeness (QED) is 0.523. The molecule has 2 aromatic heterocycles. The van der Waals surface area contributed by atoms with E-state index in [2.05, 4.69) is 6.07 Å². The topological polar surface area (TPSA) is 55.1 Å². The van der Waals surface area contributed by atoms with Crippen LogP contribution in [-0.4, -0.2) is 14.7 Å². The van der Waals surface area contributed by atoms with E-state index in [4.69, 9.17) is 4.98 Å². The van der Waals surface area contributed by atoms with Crippen LogP contribution >= 0.6 is 0 Å². The first-order valence-corrected chi connectivity index (χ1v) is 9.24. The molecule has 0 radical (unpaired) electrons. The standard InChI is InChI=1S/C24H18N2O2/c27-15-20-17(11-10-16-6-2-1-3-7-16)13-22-23-19(14-26(22)24(20)28)12-18-8-4-5-9-21(18)25-23/h1-13,27H,14-15H2/b11-10+. The Morgan fingerprint density at radius 2 is 1.79 bits per heavy atom. The van der Waals surface area contributed by atoms with Crippen molar-refractivity contribution in [2.75, 3.05) is 0 Å². The van der Waals surface area contributed by atoms with Crippen LogP contribution in [0.1, 0.15) is 22.3 Å². The number of aliphatic hydroxyl groups excluding tert-OH is 1. The molecule has 28 heavy (non-hydrogen) atoms. The summed E-state index contributed by atoms with van der Waals surface area (Å²) < 4.78 is 1.71. The maximum Gasteiger partial charge on any atom is 0.257 e. The molecule has 0 aliphatic carbocycles. The molecule has 1 aliphatic heterocycles. The summed E-state index contributed by atoms with van der Waals surface area (Å²) in [4.78, 5) is 17.8. The average molecular weight is 366 g/mol. The minimum Gasteiger partial charge on any atom is -0.391 e. The van der Waals surface area contributed by atoms with E-state index < -0.39 is 0 Å². The predicted octanol–water partition coefficient (Wildman–Crippen LogP) is 4.09. The van der Waals surface area contributed by atoms with Crippen LogP contribution in [0.5, 0.6) is 0 Å². The SMILES string of the molecule is O=c1c(CO)c(/C=C/c2ccccc2)cc2n1Cc1cc3ccccc3nc1-2. The van der Waals surface area contributed by atoms with Crippen molar-refractivity contribution in [1.82, 2.24) is 9.55 Å². The Balaban J connectivity index is 1.68. The van der Waals surface area contributed by atoms with Crippen molar-refractivity contribution in [3.05, 3.63) is 99.3 Å². The fourth-order valence-electron chi connectivity index (χ4n) is 3.79. The van der Waals surface area contributed by atoms with Crippen molar-refractivity contribution in [3.8, 4) is 11.4 Å². The molecule has 0 unspecified atom stereocenters. The average Bonchev–Trinajstić information content (AvgIpc) is 3.09. The summed E-state index contributed by atoms with van der Waals surface area (Å²) in [7, 11) is 0. The van der Waals surface area contributed by atoms with E-state index in [0.29, 0.717) is 12.1 Å². The maximum atomic E-state index is 13.0. The second-order valence-corrected chi connectivity index (χ2v) is 6.95. The molecular formula is C24H18N2O2. The first kappa shape index (κ1) is 16.7. The monoisotopic (exact) mass is 366 g/mol. The van der Waals surface area contributed by atoms with E-state index in [1.807, 2.05) is 72.8 Å². The number of pyridine rings is 2. The van der Waals surface area contributed by atoms with Gasteiger partial charge in [-0.25, -0.2) is 4.98 Å². The van der Waals surface area contributed by atoms with Gasteiger partial charge in [-0.2, -0.15) is 0 Å². The summed E-state index contributed by atoms with van der Waals surface area (Å²) in [6.45, 7) is 0.191. The minimum absolute atomic E-state index is 0.158. The Labute approximate surface area is 162 Å². The molecule has 136 valence electrons. The van der Waals surface area contributed by atoms with Gasteiger partial charge in [-0.1, -0.05) is 60.7 Å². The molecule has 0 saturated heterocycles. The normalized spacial score (nSPS) is 12.5. The van der Waals surface area contributed by atoms with Crippen molar-refractivity contribution in [2.45, 2.75) is 13.2 Å². The van der Waals surface area contributed by atoms with Gasteiger partial charge in [-0.3, -0.25) is 4.79 Å². The number of benzene rings is 2. The molecular weight excluding hydrogens is 348 g/mol. The van der Waals surface area contributed by atoms with Crippen LogP contribution in [0, 0.1) is 0 Å². The lowest BCUT2D eigenvalue weighted by Crippen LogP contribution is -2.24. The second kappa shape index (κ2) is 6.59. The number of rotatable bonds is 3. The summed E-state index contributed by atoms with van der Waals surface area (Å²) in [5, 5.41) is 10.9. The van der Waals surface area contributed by atoms with Crippen LogP contribution in [0.15, 0.2) is 71.5 Å². The van der Waals surface area contributed by atoms with E-state index in [-0.39, 0.29) is 12.2 Å². The molecule has 0 bridgehead atoms. The number of para-hydroxylation sites is 1. The highest BCUT2D eigenvalue weighted by molar-refractivity contribution is 5.84.